The van der Waals surface area contributed by atoms with Gasteiger partial charge in [0, 0.05) is 11.1 Å². The fourth-order valence-corrected chi connectivity index (χ4v) is 3.77. The monoisotopic (exact) mass is 542 g/mol. The van der Waals surface area contributed by atoms with Gasteiger partial charge < -0.3 is 24.6 Å². The Labute approximate surface area is 214 Å². The molecule has 0 spiro atoms. The van der Waals surface area contributed by atoms with E-state index in [1.54, 1.807) is 0 Å². The maximum absolute atomic E-state index is 14.2. The van der Waals surface area contributed by atoms with Gasteiger partial charge in [0.15, 0.2) is 11.5 Å². The number of alkyl halides is 3. The van der Waals surface area contributed by atoms with E-state index in [0.717, 1.165) is 12.1 Å². The van der Waals surface area contributed by atoms with Crippen molar-refractivity contribution in [1.29, 1.82) is 0 Å². The largest absolute Gasteiger partial charge is 0.494 e. The van der Waals surface area contributed by atoms with Gasteiger partial charge in [-0.25, -0.2) is 9.37 Å². The number of aromatic nitrogens is 1. The maximum atomic E-state index is 14.2. The van der Waals surface area contributed by atoms with Crippen molar-refractivity contribution in [2.45, 2.75) is 18.7 Å². The first-order chi connectivity index (χ1) is 17.4. The van der Waals surface area contributed by atoms with Crippen molar-refractivity contribution in [3.8, 4) is 28.5 Å². The molecule has 198 valence electrons. The van der Waals surface area contributed by atoms with Gasteiger partial charge in [-0.3, -0.25) is 4.79 Å². The van der Waals surface area contributed by atoms with E-state index in [-0.39, 0.29) is 38.9 Å². The van der Waals surface area contributed by atoms with Gasteiger partial charge in [-0.15, -0.1) is 0 Å². The van der Waals surface area contributed by atoms with Crippen molar-refractivity contribution in [1.82, 2.24) is 10.3 Å². The molecule has 2 aromatic carbocycles. The molecule has 1 heterocycles. The molecule has 1 amide bonds. The van der Waals surface area contributed by atoms with Crippen LogP contribution < -0.4 is 19.5 Å². The van der Waals surface area contributed by atoms with E-state index in [2.05, 4.69) is 10.3 Å². The summed E-state index contributed by atoms with van der Waals surface area (Å²) in [5.41, 5.74) is -4.16. The Bertz CT molecular complexity index is 1320. The number of rotatable bonds is 8. The normalized spacial score (nSPS) is 13.0. The van der Waals surface area contributed by atoms with Crippen LogP contribution >= 0.6 is 11.6 Å². The van der Waals surface area contributed by atoms with Gasteiger partial charge >= 0.3 is 6.18 Å². The third-order valence-corrected chi connectivity index (χ3v) is 5.89. The lowest BCUT2D eigenvalue weighted by molar-refractivity contribution is -0.265. The summed E-state index contributed by atoms with van der Waals surface area (Å²) in [7, 11) is 4.02. The molecule has 0 fully saturated rings. The predicted octanol–water partition coefficient (Wildman–Crippen LogP) is 5.06. The van der Waals surface area contributed by atoms with Gasteiger partial charge in [0.25, 0.3) is 5.91 Å². The van der Waals surface area contributed by atoms with Gasteiger partial charge in [0.1, 0.15) is 17.3 Å². The number of pyridine rings is 1. The lowest BCUT2D eigenvalue weighted by Gasteiger charge is -2.31. The number of benzene rings is 2. The van der Waals surface area contributed by atoms with Crippen LogP contribution in [-0.2, 0) is 5.60 Å². The first kappa shape index (κ1) is 28.0. The number of ether oxygens (including phenoxy) is 3. The summed E-state index contributed by atoms with van der Waals surface area (Å²) in [5.74, 6) is -1.03. The van der Waals surface area contributed by atoms with Crippen LogP contribution in [0.2, 0.25) is 5.02 Å². The second kappa shape index (κ2) is 10.8. The Kier molecular flexibility index (Phi) is 8.19. The highest BCUT2D eigenvalue weighted by Gasteiger charge is 2.56. The Balaban J connectivity index is 2.04. The zero-order valence-electron chi connectivity index (χ0n) is 20.2. The third-order valence-electron chi connectivity index (χ3n) is 5.60. The van der Waals surface area contributed by atoms with E-state index in [4.69, 9.17) is 25.8 Å². The summed E-state index contributed by atoms with van der Waals surface area (Å²) in [6.07, 6.45) is -5.25. The summed E-state index contributed by atoms with van der Waals surface area (Å²) >= 11 is 5.85. The second-order valence-corrected chi connectivity index (χ2v) is 8.35. The molecule has 1 atom stereocenters. The van der Waals surface area contributed by atoms with E-state index in [1.807, 2.05) is 0 Å². The molecule has 12 heteroatoms. The molecule has 1 unspecified atom stereocenters. The molecule has 0 aliphatic heterocycles. The number of aryl methyl sites for hydroxylation is 1. The minimum Gasteiger partial charge on any atom is -0.494 e. The number of nitrogens with zero attached hydrogens (tertiary/aromatic N) is 1. The highest BCUT2D eigenvalue weighted by atomic mass is 35.5. The molecule has 3 aromatic rings. The second-order valence-electron chi connectivity index (χ2n) is 7.95. The van der Waals surface area contributed by atoms with Crippen LogP contribution in [0.25, 0.3) is 11.3 Å². The topological polar surface area (TPSA) is 89.9 Å². The molecule has 1 aromatic heterocycles. The Morgan fingerprint density at radius 1 is 1.03 bits per heavy atom. The van der Waals surface area contributed by atoms with Crippen molar-refractivity contribution in [3.63, 3.8) is 0 Å². The molecule has 37 heavy (non-hydrogen) atoms. The van der Waals surface area contributed by atoms with Crippen LogP contribution in [0.1, 0.15) is 21.6 Å². The van der Waals surface area contributed by atoms with Crippen LogP contribution in [0.3, 0.4) is 0 Å². The average Bonchev–Trinajstić information content (AvgIpc) is 2.86. The van der Waals surface area contributed by atoms with E-state index in [0.29, 0.717) is 5.75 Å². The van der Waals surface area contributed by atoms with Gasteiger partial charge in [-0.1, -0.05) is 11.6 Å². The van der Waals surface area contributed by atoms with Crippen LogP contribution in [-0.4, -0.2) is 50.0 Å². The molecule has 0 saturated carbocycles. The molecular weight excluding hydrogens is 520 g/mol. The van der Waals surface area contributed by atoms with Crippen molar-refractivity contribution in [2.24, 2.45) is 0 Å². The average molecular weight is 543 g/mol. The van der Waals surface area contributed by atoms with E-state index < -0.39 is 35.7 Å². The van der Waals surface area contributed by atoms with Crippen LogP contribution in [0.15, 0.2) is 42.5 Å². The predicted molar refractivity (Wildman–Crippen MR) is 128 cm³/mol. The molecule has 3 rings (SSSR count). The zero-order valence-corrected chi connectivity index (χ0v) is 20.9. The third kappa shape index (κ3) is 5.57. The number of carbonyl (C=O) groups is 1. The van der Waals surface area contributed by atoms with Crippen molar-refractivity contribution in [2.75, 3.05) is 27.9 Å². The SMILES string of the molecule is COc1ccc(C(=O)NCC(O)(c2cc(C)c(OC)c(-c3ccc(F)c(Cl)c3)n2)C(F)(F)F)cc1OC. The van der Waals surface area contributed by atoms with E-state index in [1.165, 1.54) is 58.6 Å². The number of halogens is 5. The van der Waals surface area contributed by atoms with Crippen molar-refractivity contribution >= 4 is 17.5 Å². The van der Waals surface area contributed by atoms with E-state index in [9.17, 15) is 27.5 Å². The fraction of sp³-hybridized carbons (Fsp3) is 0.280. The standard InChI is InChI=1S/C25H23ClF4N2O5/c1-13-9-20(32-21(22(13)37-4)14-5-7-17(27)16(26)10-14)24(34,25(28,29)30)12-31-23(33)15-6-8-18(35-2)19(11-15)36-3/h5-11,34H,12H2,1-4H3,(H,31,33). The van der Waals surface area contributed by atoms with Gasteiger partial charge in [0.2, 0.25) is 5.60 Å². The molecule has 0 aliphatic carbocycles. The zero-order chi connectivity index (χ0) is 27.5. The quantitative estimate of drug-likeness (QED) is 0.387. The van der Waals surface area contributed by atoms with Gasteiger partial charge in [0.05, 0.1) is 38.6 Å². The molecule has 0 bridgehead atoms. The summed E-state index contributed by atoms with van der Waals surface area (Å²) < 4.78 is 71.9. The molecule has 2 N–H and O–H groups in total. The number of nitrogens with one attached hydrogen (secondary N) is 1. The Morgan fingerprint density at radius 3 is 2.27 bits per heavy atom. The van der Waals surface area contributed by atoms with Crippen molar-refractivity contribution < 1.29 is 41.7 Å². The number of hydrogen-bond acceptors (Lipinski definition) is 6. The summed E-state index contributed by atoms with van der Waals surface area (Å²) in [5, 5.41) is 12.7. The minimum atomic E-state index is -5.25. The Hall–Kier alpha value is -3.57. The number of methoxy groups -OCH3 is 3. The number of carbonyl (C=O) groups excluding carboxylic acids is 1. The van der Waals surface area contributed by atoms with Crippen LogP contribution in [0.4, 0.5) is 17.6 Å². The highest BCUT2D eigenvalue weighted by Crippen LogP contribution is 2.42. The number of hydrogen-bond donors (Lipinski definition) is 2. The first-order valence-corrected chi connectivity index (χ1v) is 11.0. The van der Waals surface area contributed by atoms with Gasteiger partial charge in [-0.05, 0) is 55.0 Å². The first-order valence-electron chi connectivity index (χ1n) is 10.7. The summed E-state index contributed by atoms with van der Waals surface area (Å²) in [6, 6.07) is 8.50. The minimum absolute atomic E-state index is 0.0253. The smallest absolute Gasteiger partial charge is 0.424 e. The number of amides is 1. The van der Waals surface area contributed by atoms with E-state index >= 15 is 0 Å². The fourth-order valence-electron chi connectivity index (χ4n) is 3.59. The Morgan fingerprint density at radius 2 is 1.70 bits per heavy atom. The molecule has 0 aliphatic rings. The molecule has 7 nitrogen and oxygen atoms in total. The highest BCUT2D eigenvalue weighted by molar-refractivity contribution is 6.31. The number of aliphatic hydroxyl groups is 1. The van der Waals surface area contributed by atoms with Crippen molar-refractivity contribution in [3.05, 3.63) is 70.1 Å². The summed E-state index contributed by atoms with van der Waals surface area (Å²) in [4.78, 5) is 16.7. The molecule has 0 radical (unpaired) electrons. The van der Waals surface area contributed by atoms with Gasteiger partial charge in [-0.2, -0.15) is 13.2 Å². The molecular formula is C25H23ClF4N2O5. The van der Waals surface area contributed by atoms with Crippen LogP contribution in [0, 0.1) is 12.7 Å². The summed E-state index contributed by atoms with van der Waals surface area (Å²) in [6.45, 7) is 0.198. The molecule has 0 saturated heterocycles. The van der Waals surface area contributed by atoms with Crippen LogP contribution in [0.5, 0.6) is 17.2 Å². The maximum Gasteiger partial charge on any atom is 0.424 e. The lowest BCUT2D eigenvalue weighted by atomic mass is 9.95. The lowest BCUT2D eigenvalue weighted by Crippen LogP contribution is -2.51.